The van der Waals surface area contributed by atoms with Gasteiger partial charge in [0, 0.05) is 13.1 Å². The Kier molecular flexibility index (Phi) is 2.36. The van der Waals surface area contributed by atoms with Gasteiger partial charge in [-0.05, 0) is 43.9 Å². The van der Waals surface area contributed by atoms with Crippen LogP contribution in [-0.2, 0) is 0 Å². The number of rotatable bonds is 1. The Labute approximate surface area is 99.9 Å². The van der Waals surface area contributed by atoms with Crippen LogP contribution >= 0.6 is 11.3 Å². The fraction of sp³-hybridized carbons (Fsp3) is 0.462. The van der Waals surface area contributed by atoms with Crippen molar-refractivity contribution in [1.82, 2.24) is 4.98 Å². The molecule has 0 aliphatic carbocycles. The maximum Gasteiger partial charge on any atom is 0.186 e. The molecule has 1 aromatic heterocycles. The van der Waals surface area contributed by atoms with E-state index in [4.69, 9.17) is 4.98 Å². The van der Waals surface area contributed by atoms with E-state index in [9.17, 15) is 0 Å². The van der Waals surface area contributed by atoms with Gasteiger partial charge in [-0.15, -0.1) is 0 Å². The molecule has 0 atom stereocenters. The van der Waals surface area contributed by atoms with Crippen LogP contribution in [0, 0.1) is 13.8 Å². The first-order valence-corrected chi connectivity index (χ1v) is 6.69. The zero-order chi connectivity index (χ0) is 11.1. The van der Waals surface area contributed by atoms with E-state index in [1.165, 1.54) is 52.4 Å². The second kappa shape index (κ2) is 3.74. The van der Waals surface area contributed by atoms with Gasteiger partial charge in [0.05, 0.1) is 10.2 Å². The standard InChI is InChI=1S/C13H16N2S/c1-9-5-6-11-12(10(9)2)14-13(16-11)15-7-3-4-8-15/h5-6H,3-4,7-8H2,1-2H3. The SMILES string of the molecule is Cc1ccc2sc(N3CCCC3)nc2c1C. The van der Waals surface area contributed by atoms with E-state index >= 15 is 0 Å². The fourth-order valence-electron chi connectivity index (χ4n) is 2.26. The summed E-state index contributed by atoms with van der Waals surface area (Å²) in [5, 5.41) is 1.21. The molecule has 0 radical (unpaired) electrons. The van der Waals surface area contributed by atoms with Gasteiger partial charge in [0.1, 0.15) is 0 Å². The van der Waals surface area contributed by atoms with Gasteiger partial charge in [0.2, 0.25) is 0 Å². The topological polar surface area (TPSA) is 16.1 Å². The minimum absolute atomic E-state index is 1.18. The molecule has 2 nitrogen and oxygen atoms in total. The maximum absolute atomic E-state index is 4.80. The minimum Gasteiger partial charge on any atom is -0.348 e. The highest BCUT2D eigenvalue weighted by Gasteiger charge is 2.17. The average Bonchev–Trinajstić information content (AvgIpc) is 2.91. The third-order valence-electron chi connectivity index (χ3n) is 3.45. The van der Waals surface area contributed by atoms with Crippen molar-refractivity contribution in [3.63, 3.8) is 0 Å². The molecular formula is C13H16N2S. The molecule has 1 aliphatic rings. The normalized spacial score (nSPS) is 16.2. The molecule has 3 heteroatoms. The molecule has 84 valence electrons. The minimum atomic E-state index is 1.18. The summed E-state index contributed by atoms with van der Waals surface area (Å²) in [6, 6.07) is 4.40. The van der Waals surface area contributed by atoms with Crippen molar-refractivity contribution in [2.24, 2.45) is 0 Å². The van der Waals surface area contributed by atoms with Crippen molar-refractivity contribution in [2.75, 3.05) is 18.0 Å². The third-order valence-corrected chi connectivity index (χ3v) is 4.53. The number of benzene rings is 1. The first-order chi connectivity index (χ1) is 7.75. The van der Waals surface area contributed by atoms with Crippen molar-refractivity contribution in [2.45, 2.75) is 26.7 Å². The summed E-state index contributed by atoms with van der Waals surface area (Å²) in [7, 11) is 0. The van der Waals surface area contributed by atoms with Crippen LogP contribution in [0.15, 0.2) is 12.1 Å². The largest absolute Gasteiger partial charge is 0.348 e. The van der Waals surface area contributed by atoms with Crippen molar-refractivity contribution < 1.29 is 0 Å². The molecule has 0 N–H and O–H groups in total. The lowest BCUT2D eigenvalue weighted by molar-refractivity contribution is 0.949. The number of aromatic nitrogens is 1. The number of fused-ring (bicyclic) bond motifs is 1. The van der Waals surface area contributed by atoms with Gasteiger partial charge in [-0.3, -0.25) is 0 Å². The van der Waals surface area contributed by atoms with Gasteiger partial charge in [-0.25, -0.2) is 4.98 Å². The van der Waals surface area contributed by atoms with Gasteiger partial charge >= 0.3 is 0 Å². The lowest BCUT2D eigenvalue weighted by Gasteiger charge is -2.11. The second-order valence-corrected chi connectivity index (χ2v) is 5.55. The van der Waals surface area contributed by atoms with Crippen LogP contribution in [0.3, 0.4) is 0 Å². The molecule has 1 aromatic carbocycles. The number of thiazole rings is 1. The molecule has 0 bridgehead atoms. The molecule has 0 amide bonds. The van der Waals surface area contributed by atoms with Crippen molar-refractivity contribution in [1.29, 1.82) is 0 Å². The van der Waals surface area contributed by atoms with E-state index < -0.39 is 0 Å². The summed E-state index contributed by atoms with van der Waals surface area (Å²) in [5.41, 5.74) is 3.87. The summed E-state index contributed by atoms with van der Waals surface area (Å²) in [6.07, 6.45) is 2.63. The lowest BCUT2D eigenvalue weighted by Crippen LogP contribution is -2.16. The third kappa shape index (κ3) is 1.50. The van der Waals surface area contributed by atoms with Gasteiger partial charge < -0.3 is 4.90 Å². The molecule has 0 spiro atoms. The van der Waals surface area contributed by atoms with E-state index in [-0.39, 0.29) is 0 Å². The molecule has 2 heterocycles. The maximum atomic E-state index is 4.80. The summed E-state index contributed by atoms with van der Waals surface area (Å²) in [4.78, 5) is 7.22. The highest BCUT2D eigenvalue weighted by Crippen LogP contribution is 2.33. The first kappa shape index (κ1) is 10.1. The molecule has 0 saturated carbocycles. The van der Waals surface area contributed by atoms with Crippen LogP contribution in [0.2, 0.25) is 0 Å². The molecule has 1 fully saturated rings. The van der Waals surface area contributed by atoms with E-state index in [2.05, 4.69) is 30.9 Å². The first-order valence-electron chi connectivity index (χ1n) is 5.87. The monoisotopic (exact) mass is 232 g/mol. The number of hydrogen-bond donors (Lipinski definition) is 0. The van der Waals surface area contributed by atoms with E-state index in [0.717, 1.165) is 0 Å². The molecule has 1 saturated heterocycles. The van der Waals surface area contributed by atoms with Crippen LogP contribution in [0.4, 0.5) is 5.13 Å². The summed E-state index contributed by atoms with van der Waals surface area (Å²) in [5.74, 6) is 0. The highest BCUT2D eigenvalue weighted by molar-refractivity contribution is 7.22. The predicted molar refractivity (Wildman–Crippen MR) is 70.5 cm³/mol. The number of hydrogen-bond acceptors (Lipinski definition) is 3. The number of nitrogens with zero attached hydrogens (tertiary/aromatic N) is 2. The molecule has 3 rings (SSSR count). The van der Waals surface area contributed by atoms with Gasteiger partial charge in [0.15, 0.2) is 5.13 Å². The van der Waals surface area contributed by atoms with E-state index in [1.54, 1.807) is 0 Å². The van der Waals surface area contributed by atoms with Crippen LogP contribution in [0.25, 0.3) is 10.2 Å². The van der Waals surface area contributed by atoms with Crippen LogP contribution < -0.4 is 4.90 Å². The molecular weight excluding hydrogens is 216 g/mol. The van der Waals surface area contributed by atoms with Crippen LogP contribution in [0.1, 0.15) is 24.0 Å². The number of aryl methyl sites for hydroxylation is 2. The van der Waals surface area contributed by atoms with Crippen molar-refractivity contribution >= 4 is 26.7 Å². The van der Waals surface area contributed by atoms with Crippen molar-refractivity contribution in [3.05, 3.63) is 23.3 Å². The van der Waals surface area contributed by atoms with Gasteiger partial charge in [-0.2, -0.15) is 0 Å². The Morgan fingerprint density at radius 2 is 1.94 bits per heavy atom. The van der Waals surface area contributed by atoms with Crippen LogP contribution in [0.5, 0.6) is 0 Å². The molecule has 0 unspecified atom stereocenters. The fourth-order valence-corrected chi connectivity index (χ4v) is 3.33. The smallest absolute Gasteiger partial charge is 0.186 e. The van der Waals surface area contributed by atoms with Crippen molar-refractivity contribution in [3.8, 4) is 0 Å². The Morgan fingerprint density at radius 3 is 2.69 bits per heavy atom. The average molecular weight is 232 g/mol. The van der Waals surface area contributed by atoms with Crippen LogP contribution in [-0.4, -0.2) is 18.1 Å². The number of anilines is 1. The lowest BCUT2D eigenvalue weighted by atomic mass is 10.1. The molecule has 16 heavy (non-hydrogen) atoms. The molecule has 1 aliphatic heterocycles. The Hall–Kier alpha value is -1.09. The summed E-state index contributed by atoms with van der Waals surface area (Å²) < 4.78 is 1.32. The molecule has 2 aromatic rings. The van der Waals surface area contributed by atoms with E-state index in [1.807, 2.05) is 11.3 Å². The van der Waals surface area contributed by atoms with Gasteiger partial charge in [-0.1, -0.05) is 17.4 Å². The highest BCUT2D eigenvalue weighted by atomic mass is 32.1. The second-order valence-electron chi connectivity index (χ2n) is 4.54. The van der Waals surface area contributed by atoms with E-state index in [0.29, 0.717) is 0 Å². The zero-order valence-electron chi connectivity index (χ0n) is 9.79. The Balaban J connectivity index is 2.11. The predicted octanol–water partition coefficient (Wildman–Crippen LogP) is 3.51. The quantitative estimate of drug-likeness (QED) is 0.748. The Morgan fingerprint density at radius 1 is 1.19 bits per heavy atom. The zero-order valence-corrected chi connectivity index (χ0v) is 10.6. The summed E-state index contributed by atoms with van der Waals surface area (Å²) >= 11 is 1.83. The van der Waals surface area contributed by atoms with Gasteiger partial charge in [0.25, 0.3) is 0 Å². The summed E-state index contributed by atoms with van der Waals surface area (Å²) in [6.45, 7) is 6.69. The Bertz CT molecular complexity index is 524.